The molecule has 0 saturated carbocycles. The predicted octanol–water partition coefficient (Wildman–Crippen LogP) is 5.25. The minimum Gasteiger partial charge on any atom is -0.342 e. The van der Waals surface area contributed by atoms with Crippen LogP contribution in [0.2, 0.25) is 0 Å². The van der Waals surface area contributed by atoms with Gasteiger partial charge in [0.15, 0.2) is 11.0 Å². The second kappa shape index (κ2) is 11.8. The Morgan fingerprint density at radius 1 is 1.11 bits per heavy atom. The van der Waals surface area contributed by atoms with Gasteiger partial charge in [0.2, 0.25) is 5.91 Å². The van der Waals surface area contributed by atoms with E-state index in [4.69, 9.17) is 0 Å². The van der Waals surface area contributed by atoms with E-state index in [0.29, 0.717) is 23.1 Å². The lowest BCUT2D eigenvalue weighted by Gasteiger charge is -2.22. The van der Waals surface area contributed by atoms with E-state index in [1.807, 2.05) is 75.6 Å². The topological polar surface area (TPSA) is 88.9 Å². The third-order valence-corrected chi connectivity index (χ3v) is 6.75. The normalized spacial score (nSPS) is 11.8. The van der Waals surface area contributed by atoms with E-state index in [1.165, 1.54) is 11.8 Å². The fraction of sp³-hybridized carbons (Fsp3) is 0.333. The lowest BCUT2D eigenvalue weighted by Crippen LogP contribution is -2.34. The molecule has 184 valence electrons. The first-order chi connectivity index (χ1) is 16.7. The van der Waals surface area contributed by atoms with Crippen LogP contribution in [0.4, 0.5) is 5.69 Å². The zero-order valence-electron chi connectivity index (χ0n) is 21.0. The van der Waals surface area contributed by atoms with Crippen molar-refractivity contribution < 1.29 is 9.59 Å². The molecule has 35 heavy (non-hydrogen) atoms. The number of nitrogens with one attached hydrogen (secondary N) is 2. The van der Waals surface area contributed by atoms with Crippen LogP contribution in [-0.4, -0.2) is 32.3 Å². The molecular weight excluding hydrogens is 458 g/mol. The summed E-state index contributed by atoms with van der Waals surface area (Å²) in [5, 5.41) is 15.4. The van der Waals surface area contributed by atoms with E-state index in [9.17, 15) is 9.59 Å². The number of thioether (sulfide) groups is 1. The van der Waals surface area contributed by atoms with Gasteiger partial charge >= 0.3 is 0 Å². The number of anilines is 1. The van der Waals surface area contributed by atoms with Crippen LogP contribution in [0, 0.1) is 26.7 Å². The molecule has 3 aromatic rings. The quantitative estimate of drug-likeness (QED) is 0.299. The van der Waals surface area contributed by atoms with E-state index in [1.54, 1.807) is 12.1 Å². The molecule has 0 unspecified atom stereocenters. The number of hydrogen-bond acceptors (Lipinski definition) is 5. The molecular formula is C27H33N5O2S. The molecule has 1 atom stereocenters. The van der Waals surface area contributed by atoms with Crippen LogP contribution in [-0.2, 0) is 11.3 Å². The van der Waals surface area contributed by atoms with Crippen molar-refractivity contribution in [3.8, 4) is 0 Å². The number of allylic oxidation sites excluding steroid dienone is 1. The molecule has 2 amide bonds. The summed E-state index contributed by atoms with van der Waals surface area (Å²) in [6.45, 7) is 14.3. The van der Waals surface area contributed by atoms with Crippen LogP contribution < -0.4 is 10.6 Å². The highest BCUT2D eigenvalue weighted by Gasteiger charge is 2.26. The van der Waals surface area contributed by atoms with Crippen molar-refractivity contribution in [2.45, 2.75) is 52.4 Å². The summed E-state index contributed by atoms with van der Waals surface area (Å²) >= 11 is 1.31. The molecule has 0 fully saturated rings. The molecule has 0 saturated heterocycles. The molecule has 0 spiro atoms. The lowest BCUT2D eigenvalue weighted by atomic mass is 10.0. The Kier molecular flexibility index (Phi) is 8.87. The van der Waals surface area contributed by atoms with Gasteiger partial charge in [0.1, 0.15) is 0 Å². The number of benzene rings is 2. The maximum Gasteiger partial charge on any atom is 0.251 e. The summed E-state index contributed by atoms with van der Waals surface area (Å²) in [5.74, 6) is 0.611. The molecule has 0 aliphatic heterocycles. The van der Waals surface area contributed by atoms with Gasteiger partial charge in [-0.25, -0.2) is 0 Å². The van der Waals surface area contributed by atoms with E-state index in [2.05, 4.69) is 27.4 Å². The lowest BCUT2D eigenvalue weighted by molar-refractivity contribution is -0.113. The SMILES string of the molecule is C=CCn1c(SCC(=O)Nc2cccc(C)c2C)nnc1[C@@H](NC(=O)c1cccc(C)c1)C(C)C. The standard InChI is InChI=1S/C27H33N5O2S/c1-7-14-32-25(24(17(2)3)29-26(34)21-12-8-10-18(4)15-21)30-31-27(32)35-16-23(33)28-22-13-9-11-19(5)20(22)6/h7-13,15,17,24H,1,14,16H2,2-6H3,(H,28,33)(H,29,34)/t24-/m0/s1. The van der Waals surface area contributed by atoms with Crippen LogP contribution in [0.25, 0.3) is 0 Å². The highest BCUT2D eigenvalue weighted by atomic mass is 32.2. The van der Waals surface area contributed by atoms with Crippen LogP contribution in [0.15, 0.2) is 60.3 Å². The van der Waals surface area contributed by atoms with Gasteiger partial charge in [-0.2, -0.15) is 0 Å². The zero-order valence-corrected chi connectivity index (χ0v) is 21.8. The molecule has 2 aromatic carbocycles. The van der Waals surface area contributed by atoms with Gasteiger partial charge in [-0.3, -0.25) is 9.59 Å². The van der Waals surface area contributed by atoms with Gasteiger partial charge in [0.25, 0.3) is 5.91 Å². The van der Waals surface area contributed by atoms with Gasteiger partial charge in [0, 0.05) is 17.8 Å². The van der Waals surface area contributed by atoms with Crippen molar-refractivity contribution in [1.82, 2.24) is 20.1 Å². The Balaban J connectivity index is 1.76. The molecule has 0 bridgehead atoms. The highest BCUT2D eigenvalue weighted by molar-refractivity contribution is 7.99. The minimum atomic E-state index is -0.353. The molecule has 8 heteroatoms. The molecule has 0 aliphatic carbocycles. The summed E-state index contributed by atoms with van der Waals surface area (Å²) in [7, 11) is 0. The first kappa shape index (κ1) is 26.2. The molecule has 2 N–H and O–H groups in total. The fourth-order valence-corrected chi connectivity index (χ4v) is 4.44. The maximum absolute atomic E-state index is 13.0. The number of rotatable bonds is 10. The van der Waals surface area contributed by atoms with E-state index in [-0.39, 0.29) is 29.5 Å². The summed E-state index contributed by atoms with van der Waals surface area (Å²) in [6.07, 6.45) is 1.76. The van der Waals surface area contributed by atoms with E-state index < -0.39 is 0 Å². The Morgan fingerprint density at radius 2 is 1.86 bits per heavy atom. The number of amides is 2. The first-order valence-corrected chi connectivity index (χ1v) is 12.6. The maximum atomic E-state index is 13.0. The second-order valence-electron chi connectivity index (χ2n) is 8.89. The Labute approximate surface area is 211 Å². The second-order valence-corrected chi connectivity index (χ2v) is 9.83. The smallest absolute Gasteiger partial charge is 0.251 e. The monoisotopic (exact) mass is 491 g/mol. The van der Waals surface area contributed by atoms with Gasteiger partial charge in [-0.15, -0.1) is 16.8 Å². The Bertz CT molecular complexity index is 1220. The van der Waals surface area contributed by atoms with Gasteiger partial charge in [0.05, 0.1) is 11.8 Å². The van der Waals surface area contributed by atoms with Gasteiger partial charge < -0.3 is 15.2 Å². The average molecular weight is 492 g/mol. The Morgan fingerprint density at radius 3 is 2.54 bits per heavy atom. The zero-order chi connectivity index (χ0) is 25.5. The average Bonchev–Trinajstić information content (AvgIpc) is 3.21. The van der Waals surface area contributed by atoms with Gasteiger partial charge in [-0.05, 0) is 56.0 Å². The van der Waals surface area contributed by atoms with Crippen molar-refractivity contribution in [1.29, 1.82) is 0 Å². The molecule has 1 aromatic heterocycles. The molecule has 3 rings (SSSR count). The third kappa shape index (κ3) is 6.60. The molecule has 1 heterocycles. The number of hydrogen-bond donors (Lipinski definition) is 2. The molecule has 0 aliphatic rings. The first-order valence-electron chi connectivity index (χ1n) is 11.6. The van der Waals surface area contributed by atoms with Gasteiger partial charge in [-0.1, -0.05) is 61.5 Å². The summed E-state index contributed by atoms with van der Waals surface area (Å²) in [6, 6.07) is 13.0. The fourth-order valence-electron chi connectivity index (χ4n) is 3.68. The van der Waals surface area contributed by atoms with E-state index >= 15 is 0 Å². The Hall–Kier alpha value is -3.39. The highest BCUT2D eigenvalue weighted by Crippen LogP contribution is 2.26. The third-order valence-electron chi connectivity index (χ3n) is 5.78. The number of aromatic nitrogens is 3. The molecule has 7 nitrogen and oxygen atoms in total. The number of carbonyl (C=O) groups is 2. The van der Waals surface area contributed by atoms with Crippen molar-refractivity contribution in [2.24, 2.45) is 5.92 Å². The van der Waals surface area contributed by atoms with Crippen LogP contribution in [0.5, 0.6) is 0 Å². The van der Waals surface area contributed by atoms with Crippen LogP contribution in [0.3, 0.4) is 0 Å². The van der Waals surface area contributed by atoms with Crippen molar-refractivity contribution in [2.75, 3.05) is 11.1 Å². The van der Waals surface area contributed by atoms with Crippen LogP contribution in [0.1, 0.15) is 52.8 Å². The predicted molar refractivity (Wildman–Crippen MR) is 142 cm³/mol. The number of aryl methyl sites for hydroxylation is 2. The van der Waals surface area contributed by atoms with Crippen molar-refractivity contribution in [3.05, 3.63) is 83.2 Å². The number of nitrogens with zero attached hydrogens (tertiary/aromatic N) is 3. The van der Waals surface area contributed by atoms with Crippen molar-refractivity contribution >= 4 is 29.3 Å². The summed E-state index contributed by atoms with van der Waals surface area (Å²) in [4.78, 5) is 25.6. The summed E-state index contributed by atoms with van der Waals surface area (Å²) < 4.78 is 1.91. The minimum absolute atomic E-state index is 0.0713. The number of carbonyl (C=O) groups excluding carboxylic acids is 2. The molecule has 0 radical (unpaired) electrons. The van der Waals surface area contributed by atoms with Crippen LogP contribution >= 0.6 is 11.8 Å². The van der Waals surface area contributed by atoms with Crippen molar-refractivity contribution in [3.63, 3.8) is 0 Å². The van der Waals surface area contributed by atoms with E-state index in [0.717, 1.165) is 22.4 Å². The summed E-state index contributed by atoms with van der Waals surface area (Å²) in [5.41, 5.74) is 4.60. The largest absolute Gasteiger partial charge is 0.342 e.